The minimum Gasteiger partial charge on any atom is -0.454 e. The molecule has 11 heteroatoms. The molecule has 0 spiro atoms. The summed E-state index contributed by atoms with van der Waals surface area (Å²) in [5, 5.41) is 4.51. The van der Waals surface area contributed by atoms with E-state index in [1.807, 2.05) is 44.2 Å². The highest BCUT2D eigenvalue weighted by Crippen LogP contribution is 2.25. The SMILES string of the molecule is CCCCn1c(=O)[nH]c(=O)c2c1nc(COC(=O)c1c(C)nn(-c3ccccc3)c1Cl)n2CC. The molecule has 34 heavy (non-hydrogen) atoms. The summed E-state index contributed by atoms with van der Waals surface area (Å²) in [6, 6.07) is 9.21. The third-order valence-electron chi connectivity index (χ3n) is 5.56. The van der Waals surface area contributed by atoms with Gasteiger partial charge in [-0.25, -0.2) is 19.3 Å². The average molecular weight is 485 g/mol. The molecule has 0 bridgehead atoms. The molecule has 1 N–H and O–H groups in total. The maximum Gasteiger partial charge on any atom is 0.343 e. The number of hydrogen-bond acceptors (Lipinski definition) is 6. The Morgan fingerprint density at radius 2 is 1.88 bits per heavy atom. The van der Waals surface area contributed by atoms with Crippen molar-refractivity contribution in [3.63, 3.8) is 0 Å². The van der Waals surface area contributed by atoms with Gasteiger partial charge in [-0.15, -0.1) is 0 Å². The van der Waals surface area contributed by atoms with Crippen molar-refractivity contribution in [2.45, 2.75) is 53.3 Å². The molecule has 0 radical (unpaired) electrons. The number of carbonyl (C=O) groups excluding carboxylic acids is 1. The summed E-state index contributed by atoms with van der Waals surface area (Å²) in [6.45, 7) is 6.17. The number of aromatic nitrogens is 6. The Morgan fingerprint density at radius 3 is 2.56 bits per heavy atom. The minimum atomic E-state index is -0.656. The van der Waals surface area contributed by atoms with Crippen LogP contribution in [0.25, 0.3) is 16.9 Å². The van der Waals surface area contributed by atoms with Crippen molar-refractivity contribution >= 4 is 28.7 Å². The third-order valence-corrected chi connectivity index (χ3v) is 5.91. The molecule has 178 valence electrons. The lowest BCUT2D eigenvalue weighted by molar-refractivity contribution is 0.0458. The van der Waals surface area contributed by atoms with E-state index in [2.05, 4.69) is 15.1 Å². The standard InChI is InChI=1S/C23H25ClN6O4/c1-4-6-12-29-20-18(21(31)26-23(29)33)28(5-2)16(25-20)13-34-22(32)17-14(3)27-30(19(17)24)15-10-8-7-9-11-15/h7-11H,4-6,12-13H2,1-3H3,(H,26,31,33). The Labute approximate surface area is 199 Å². The number of para-hydroxylation sites is 1. The molecule has 3 aromatic heterocycles. The second-order valence-corrected chi connectivity index (χ2v) is 8.14. The zero-order valence-electron chi connectivity index (χ0n) is 19.2. The van der Waals surface area contributed by atoms with E-state index < -0.39 is 17.2 Å². The number of hydrogen-bond donors (Lipinski definition) is 1. The van der Waals surface area contributed by atoms with Gasteiger partial charge in [-0.3, -0.25) is 14.3 Å². The van der Waals surface area contributed by atoms with Crippen LogP contribution in [0.4, 0.5) is 0 Å². The van der Waals surface area contributed by atoms with E-state index in [4.69, 9.17) is 16.3 Å². The Kier molecular flexibility index (Phi) is 6.69. The smallest absolute Gasteiger partial charge is 0.343 e. The van der Waals surface area contributed by atoms with E-state index in [1.54, 1.807) is 11.5 Å². The maximum atomic E-state index is 12.9. The lowest BCUT2D eigenvalue weighted by Crippen LogP contribution is -2.31. The van der Waals surface area contributed by atoms with Crippen molar-refractivity contribution in [2.24, 2.45) is 0 Å². The highest BCUT2D eigenvalue weighted by molar-refractivity contribution is 6.33. The number of fused-ring (bicyclic) bond motifs is 1. The first-order chi connectivity index (χ1) is 16.4. The molecule has 3 heterocycles. The summed E-state index contributed by atoms with van der Waals surface area (Å²) in [5.74, 6) is -0.298. The minimum absolute atomic E-state index is 0.141. The first-order valence-electron chi connectivity index (χ1n) is 11.1. The van der Waals surface area contributed by atoms with E-state index in [-0.39, 0.29) is 28.5 Å². The van der Waals surface area contributed by atoms with Crippen molar-refractivity contribution in [1.82, 2.24) is 28.9 Å². The van der Waals surface area contributed by atoms with Gasteiger partial charge in [-0.1, -0.05) is 43.1 Å². The summed E-state index contributed by atoms with van der Waals surface area (Å²) in [4.78, 5) is 44.7. The van der Waals surface area contributed by atoms with Gasteiger partial charge >= 0.3 is 11.7 Å². The van der Waals surface area contributed by atoms with Crippen LogP contribution < -0.4 is 11.2 Å². The normalized spacial score (nSPS) is 11.3. The summed E-state index contributed by atoms with van der Waals surface area (Å²) in [5.41, 5.74) is 0.812. The molecule has 0 unspecified atom stereocenters. The summed E-state index contributed by atoms with van der Waals surface area (Å²) < 4.78 is 10.1. The van der Waals surface area contributed by atoms with Gasteiger partial charge in [-0.05, 0) is 32.4 Å². The molecule has 0 saturated carbocycles. The van der Waals surface area contributed by atoms with Crippen LogP contribution in [-0.4, -0.2) is 34.9 Å². The lowest BCUT2D eigenvalue weighted by atomic mass is 10.2. The monoisotopic (exact) mass is 484 g/mol. The number of benzene rings is 1. The van der Waals surface area contributed by atoms with Gasteiger partial charge in [0.05, 0.1) is 11.4 Å². The molecule has 0 aliphatic carbocycles. The third kappa shape index (κ3) is 4.16. The Balaban J connectivity index is 1.66. The van der Waals surface area contributed by atoms with Gasteiger partial charge in [0.25, 0.3) is 5.56 Å². The fraction of sp³-hybridized carbons (Fsp3) is 0.348. The molecule has 4 rings (SSSR count). The maximum absolute atomic E-state index is 12.9. The first kappa shape index (κ1) is 23.5. The predicted octanol–water partition coefficient (Wildman–Crippen LogP) is 3.21. The number of esters is 1. The fourth-order valence-electron chi connectivity index (χ4n) is 3.87. The largest absolute Gasteiger partial charge is 0.454 e. The van der Waals surface area contributed by atoms with Gasteiger partial charge in [-0.2, -0.15) is 5.10 Å². The summed E-state index contributed by atoms with van der Waals surface area (Å²) in [7, 11) is 0. The Hall–Kier alpha value is -3.66. The van der Waals surface area contributed by atoms with Crippen molar-refractivity contribution in [3.8, 4) is 5.69 Å². The number of imidazole rings is 1. The highest BCUT2D eigenvalue weighted by Gasteiger charge is 2.24. The summed E-state index contributed by atoms with van der Waals surface area (Å²) in [6.07, 6.45) is 1.64. The first-order valence-corrected chi connectivity index (χ1v) is 11.4. The molecule has 0 aliphatic rings. The Bertz CT molecular complexity index is 1460. The van der Waals surface area contributed by atoms with Crippen LogP contribution in [0.1, 0.15) is 48.6 Å². The second-order valence-electron chi connectivity index (χ2n) is 7.78. The number of aryl methyl sites for hydroxylation is 3. The number of H-pyrrole nitrogens is 1. The zero-order valence-corrected chi connectivity index (χ0v) is 19.9. The predicted molar refractivity (Wildman–Crippen MR) is 128 cm³/mol. The molecule has 0 atom stereocenters. The number of nitrogens with one attached hydrogen (secondary N) is 1. The number of ether oxygens (including phenoxy) is 1. The molecule has 4 aromatic rings. The van der Waals surface area contributed by atoms with Crippen LogP contribution in [-0.2, 0) is 24.4 Å². The quantitative estimate of drug-likeness (QED) is 0.384. The van der Waals surface area contributed by atoms with Gasteiger partial charge in [0.1, 0.15) is 23.1 Å². The Morgan fingerprint density at radius 1 is 1.15 bits per heavy atom. The molecular weight excluding hydrogens is 460 g/mol. The van der Waals surface area contributed by atoms with Crippen LogP contribution >= 0.6 is 11.6 Å². The van der Waals surface area contributed by atoms with Crippen molar-refractivity contribution in [1.29, 1.82) is 0 Å². The highest BCUT2D eigenvalue weighted by atomic mass is 35.5. The number of aromatic amines is 1. The molecule has 1 aromatic carbocycles. The molecular formula is C23H25ClN6O4. The molecule has 0 amide bonds. The van der Waals surface area contributed by atoms with E-state index in [0.717, 1.165) is 12.8 Å². The number of nitrogens with zero attached hydrogens (tertiary/aromatic N) is 5. The molecule has 0 fully saturated rings. The zero-order chi connectivity index (χ0) is 24.4. The van der Waals surface area contributed by atoms with Gasteiger partial charge in [0.2, 0.25) is 0 Å². The molecule has 0 saturated heterocycles. The van der Waals surface area contributed by atoms with Crippen LogP contribution in [0.5, 0.6) is 0 Å². The number of carbonyl (C=O) groups is 1. The van der Waals surface area contributed by atoms with Crippen molar-refractivity contribution < 1.29 is 9.53 Å². The number of halogens is 1. The lowest BCUT2D eigenvalue weighted by Gasteiger charge is -2.07. The number of unbranched alkanes of at least 4 members (excludes halogenated alkanes) is 1. The van der Waals surface area contributed by atoms with Crippen LogP contribution in [0, 0.1) is 6.92 Å². The van der Waals surface area contributed by atoms with Gasteiger partial charge < -0.3 is 9.30 Å². The second kappa shape index (κ2) is 9.68. The van der Waals surface area contributed by atoms with E-state index in [0.29, 0.717) is 30.3 Å². The van der Waals surface area contributed by atoms with E-state index in [9.17, 15) is 14.4 Å². The molecule has 10 nitrogen and oxygen atoms in total. The van der Waals surface area contributed by atoms with Gasteiger partial charge in [0, 0.05) is 13.1 Å². The van der Waals surface area contributed by atoms with E-state index in [1.165, 1.54) is 9.25 Å². The summed E-state index contributed by atoms with van der Waals surface area (Å²) >= 11 is 6.47. The number of rotatable bonds is 8. The van der Waals surface area contributed by atoms with E-state index >= 15 is 0 Å². The van der Waals surface area contributed by atoms with Crippen molar-refractivity contribution in [3.05, 3.63) is 73.4 Å². The van der Waals surface area contributed by atoms with Crippen molar-refractivity contribution in [2.75, 3.05) is 0 Å². The molecule has 0 aliphatic heterocycles. The van der Waals surface area contributed by atoms with Crippen LogP contribution in [0.3, 0.4) is 0 Å². The van der Waals surface area contributed by atoms with Crippen LogP contribution in [0.15, 0.2) is 39.9 Å². The van der Waals surface area contributed by atoms with Crippen LogP contribution in [0.2, 0.25) is 5.15 Å². The average Bonchev–Trinajstić information content (AvgIpc) is 3.34. The fourth-order valence-corrected chi connectivity index (χ4v) is 4.21. The topological polar surface area (TPSA) is 117 Å². The van der Waals surface area contributed by atoms with Gasteiger partial charge in [0.15, 0.2) is 11.2 Å².